The molecule has 0 heterocycles. The van der Waals surface area contributed by atoms with Crippen LogP contribution in [-0.4, -0.2) is 24.9 Å². The van der Waals surface area contributed by atoms with Crippen LogP contribution in [0.4, 0.5) is 11.4 Å². The molecule has 6 heteroatoms. The van der Waals surface area contributed by atoms with Crippen LogP contribution in [0.25, 0.3) is 0 Å². The van der Waals surface area contributed by atoms with Crippen LogP contribution in [0.15, 0.2) is 48.5 Å². The average molecular weight is 332 g/mol. The molecular formula is C17H18ClN3O2. The maximum atomic E-state index is 11.9. The first-order valence-electron chi connectivity index (χ1n) is 7.26. The molecule has 3 N–H and O–H groups in total. The minimum atomic E-state index is -0.198. The summed E-state index contributed by atoms with van der Waals surface area (Å²) in [5.41, 5.74) is 1.89. The third kappa shape index (κ3) is 5.30. The molecule has 0 saturated carbocycles. The second kappa shape index (κ2) is 8.19. The molecule has 2 rings (SSSR count). The van der Waals surface area contributed by atoms with Gasteiger partial charge in [-0.15, -0.1) is 0 Å². The third-order valence-electron chi connectivity index (χ3n) is 3.02. The lowest BCUT2D eigenvalue weighted by atomic mass is 10.2. The van der Waals surface area contributed by atoms with Gasteiger partial charge in [0.15, 0.2) is 0 Å². The molecule has 0 aliphatic rings. The highest BCUT2D eigenvalue weighted by Crippen LogP contribution is 2.15. The molecular weight excluding hydrogens is 314 g/mol. The van der Waals surface area contributed by atoms with Gasteiger partial charge in [-0.2, -0.15) is 0 Å². The summed E-state index contributed by atoms with van der Waals surface area (Å²) < 4.78 is 0. The Hall–Kier alpha value is -2.53. The van der Waals surface area contributed by atoms with E-state index >= 15 is 0 Å². The van der Waals surface area contributed by atoms with Crippen LogP contribution in [-0.2, 0) is 4.79 Å². The molecule has 0 aromatic heterocycles. The van der Waals surface area contributed by atoms with Crippen molar-refractivity contribution in [1.29, 1.82) is 0 Å². The second-order valence-corrected chi connectivity index (χ2v) is 5.29. The number of carbonyl (C=O) groups excluding carboxylic acids is 2. The maximum absolute atomic E-state index is 11.9. The van der Waals surface area contributed by atoms with E-state index in [9.17, 15) is 9.59 Å². The van der Waals surface area contributed by atoms with Crippen LogP contribution in [0.1, 0.15) is 17.3 Å². The summed E-state index contributed by atoms with van der Waals surface area (Å²) in [7, 11) is 0. The Morgan fingerprint density at radius 3 is 2.52 bits per heavy atom. The lowest BCUT2D eigenvalue weighted by molar-refractivity contribution is -0.114. The highest BCUT2D eigenvalue weighted by molar-refractivity contribution is 6.30. The smallest absolute Gasteiger partial charge is 0.251 e. The third-order valence-corrected chi connectivity index (χ3v) is 3.26. The number of benzene rings is 2. The molecule has 0 saturated heterocycles. The Kier molecular flexibility index (Phi) is 6.00. The summed E-state index contributed by atoms with van der Waals surface area (Å²) in [6, 6.07) is 13.9. The average Bonchev–Trinajstić information content (AvgIpc) is 2.53. The van der Waals surface area contributed by atoms with Crippen molar-refractivity contribution < 1.29 is 9.59 Å². The predicted molar refractivity (Wildman–Crippen MR) is 93.0 cm³/mol. The van der Waals surface area contributed by atoms with E-state index in [0.717, 1.165) is 0 Å². The van der Waals surface area contributed by atoms with E-state index in [2.05, 4.69) is 16.0 Å². The van der Waals surface area contributed by atoms with Gasteiger partial charge in [0.1, 0.15) is 0 Å². The van der Waals surface area contributed by atoms with Crippen molar-refractivity contribution in [3.63, 3.8) is 0 Å². The van der Waals surface area contributed by atoms with Gasteiger partial charge in [0.05, 0.1) is 6.54 Å². The number of nitrogens with one attached hydrogen (secondary N) is 3. The molecule has 5 nitrogen and oxygen atoms in total. The Morgan fingerprint density at radius 2 is 1.78 bits per heavy atom. The van der Waals surface area contributed by atoms with Crippen LogP contribution < -0.4 is 16.0 Å². The van der Waals surface area contributed by atoms with E-state index in [0.29, 0.717) is 28.5 Å². The molecule has 0 bridgehead atoms. The van der Waals surface area contributed by atoms with Crippen molar-refractivity contribution in [2.45, 2.75) is 6.92 Å². The first kappa shape index (κ1) is 16.8. The number of halogens is 1. The first-order valence-corrected chi connectivity index (χ1v) is 7.64. The number of amides is 2. The van der Waals surface area contributed by atoms with Gasteiger partial charge in [-0.25, -0.2) is 0 Å². The van der Waals surface area contributed by atoms with Gasteiger partial charge < -0.3 is 16.0 Å². The Labute approximate surface area is 140 Å². The highest BCUT2D eigenvalue weighted by Gasteiger charge is 2.06. The van der Waals surface area contributed by atoms with Crippen LogP contribution in [0, 0.1) is 0 Å². The zero-order chi connectivity index (χ0) is 16.7. The predicted octanol–water partition coefficient (Wildman–Crippen LogP) is 3.14. The molecule has 0 aliphatic carbocycles. The molecule has 2 aromatic rings. The Balaban J connectivity index is 1.91. The summed E-state index contributed by atoms with van der Waals surface area (Å²) >= 11 is 5.87. The molecule has 2 aromatic carbocycles. The van der Waals surface area contributed by atoms with Gasteiger partial charge >= 0.3 is 0 Å². The van der Waals surface area contributed by atoms with Gasteiger partial charge in [0.25, 0.3) is 5.91 Å². The Bertz CT molecular complexity index is 704. The molecule has 0 unspecified atom stereocenters. The van der Waals surface area contributed by atoms with E-state index in [-0.39, 0.29) is 18.4 Å². The van der Waals surface area contributed by atoms with Gasteiger partial charge in [-0.05, 0) is 43.3 Å². The number of hydrogen-bond acceptors (Lipinski definition) is 3. The molecule has 2 amide bonds. The normalized spacial score (nSPS) is 10.0. The summed E-state index contributed by atoms with van der Waals surface area (Å²) in [4.78, 5) is 23.7. The lowest BCUT2D eigenvalue weighted by Crippen LogP contribution is -2.23. The summed E-state index contributed by atoms with van der Waals surface area (Å²) in [6.45, 7) is 2.52. The summed E-state index contributed by atoms with van der Waals surface area (Å²) in [5.74, 6) is -0.338. The molecule has 23 heavy (non-hydrogen) atoms. The SMILES string of the molecule is CCNC(=O)c1cccc(NCC(=O)Nc2cccc(Cl)c2)c1. The number of hydrogen-bond donors (Lipinski definition) is 3. The second-order valence-electron chi connectivity index (χ2n) is 4.85. The van der Waals surface area contributed by atoms with E-state index < -0.39 is 0 Å². The van der Waals surface area contributed by atoms with Gasteiger partial charge in [0, 0.05) is 28.5 Å². The number of rotatable bonds is 6. The number of carbonyl (C=O) groups is 2. The van der Waals surface area contributed by atoms with Crippen molar-refractivity contribution in [2.75, 3.05) is 23.7 Å². The lowest BCUT2D eigenvalue weighted by Gasteiger charge is -2.09. The Morgan fingerprint density at radius 1 is 1.04 bits per heavy atom. The van der Waals surface area contributed by atoms with Crippen LogP contribution in [0.3, 0.4) is 0 Å². The van der Waals surface area contributed by atoms with Crippen LogP contribution in [0.2, 0.25) is 5.02 Å². The molecule has 0 aliphatic heterocycles. The van der Waals surface area contributed by atoms with Crippen molar-refractivity contribution in [2.24, 2.45) is 0 Å². The minimum absolute atomic E-state index is 0.0887. The maximum Gasteiger partial charge on any atom is 0.251 e. The van der Waals surface area contributed by atoms with E-state index in [1.807, 2.05) is 6.92 Å². The minimum Gasteiger partial charge on any atom is -0.376 e. The van der Waals surface area contributed by atoms with E-state index in [4.69, 9.17) is 11.6 Å². The first-order chi connectivity index (χ1) is 11.1. The summed E-state index contributed by atoms with van der Waals surface area (Å²) in [6.07, 6.45) is 0. The fourth-order valence-corrected chi connectivity index (χ4v) is 2.18. The van der Waals surface area contributed by atoms with E-state index in [1.54, 1.807) is 48.5 Å². The molecule has 0 spiro atoms. The zero-order valence-corrected chi connectivity index (χ0v) is 13.5. The zero-order valence-electron chi connectivity index (χ0n) is 12.7. The van der Waals surface area contributed by atoms with Crippen molar-refractivity contribution in [1.82, 2.24) is 5.32 Å². The molecule has 0 radical (unpaired) electrons. The monoisotopic (exact) mass is 331 g/mol. The topological polar surface area (TPSA) is 70.2 Å². The van der Waals surface area contributed by atoms with Gasteiger partial charge in [-0.1, -0.05) is 23.7 Å². The van der Waals surface area contributed by atoms with Gasteiger partial charge in [-0.3, -0.25) is 9.59 Å². The summed E-state index contributed by atoms with van der Waals surface area (Å²) in [5, 5.41) is 9.03. The standard InChI is InChI=1S/C17H18ClN3O2/c1-2-19-17(23)12-5-3-7-14(9-12)20-11-16(22)21-15-8-4-6-13(18)10-15/h3-10,20H,2,11H2,1H3,(H,19,23)(H,21,22). The van der Waals surface area contributed by atoms with Crippen molar-refractivity contribution in [3.8, 4) is 0 Å². The fraction of sp³-hybridized carbons (Fsp3) is 0.176. The largest absolute Gasteiger partial charge is 0.376 e. The van der Waals surface area contributed by atoms with Gasteiger partial charge in [0.2, 0.25) is 5.91 Å². The fourth-order valence-electron chi connectivity index (χ4n) is 1.99. The van der Waals surface area contributed by atoms with Crippen LogP contribution >= 0.6 is 11.6 Å². The van der Waals surface area contributed by atoms with Crippen LogP contribution in [0.5, 0.6) is 0 Å². The van der Waals surface area contributed by atoms with Crippen molar-refractivity contribution in [3.05, 3.63) is 59.1 Å². The number of anilines is 2. The highest BCUT2D eigenvalue weighted by atomic mass is 35.5. The van der Waals surface area contributed by atoms with Crippen molar-refractivity contribution >= 4 is 34.8 Å². The molecule has 0 atom stereocenters. The van der Waals surface area contributed by atoms with E-state index in [1.165, 1.54) is 0 Å². The molecule has 0 fully saturated rings. The molecule has 120 valence electrons. The quantitative estimate of drug-likeness (QED) is 0.761.